The maximum atomic E-state index is 13.2. The van der Waals surface area contributed by atoms with E-state index in [-0.39, 0.29) is 5.82 Å². The Morgan fingerprint density at radius 2 is 2.04 bits per heavy atom. The van der Waals surface area contributed by atoms with Crippen molar-refractivity contribution in [1.82, 2.24) is 15.1 Å². The molecule has 0 saturated heterocycles. The molecule has 128 valence electrons. The quantitative estimate of drug-likeness (QED) is 0.656. The van der Waals surface area contributed by atoms with Crippen molar-refractivity contribution < 1.29 is 4.39 Å². The van der Waals surface area contributed by atoms with E-state index in [9.17, 15) is 4.39 Å². The molecule has 0 aliphatic carbocycles. The summed E-state index contributed by atoms with van der Waals surface area (Å²) in [5.74, 6) is -0.257. The van der Waals surface area contributed by atoms with E-state index in [2.05, 4.69) is 15.7 Å². The minimum atomic E-state index is -0.257. The second kappa shape index (κ2) is 8.09. The molecule has 4 nitrogen and oxygen atoms in total. The molecule has 3 aromatic rings. The fourth-order valence-electron chi connectivity index (χ4n) is 2.33. The Bertz CT molecular complexity index is 881. The molecule has 0 unspecified atom stereocenters. The van der Waals surface area contributed by atoms with Crippen LogP contribution in [0.3, 0.4) is 0 Å². The predicted molar refractivity (Wildman–Crippen MR) is 102 cm³/mol. The number of thiocarbonyl (C=S) groups is 1. The van der Waals surface area contributed by atoms with Crippen LogP contribution in [0.2, 0.25) is 5.02 Å². The molecule has 0 aliphatic heterocycles. The molecule has 25 heavy (non-hydrogen) atoms. The molecule has 1 heterocycles. The Balaban J connectivity index is 1.54. The van der Waals surface area contributed by atoms with Gasteiger partial charge in [-0.05, 0) is 41.5 Å². The number of nitrogens with one attached hydrogen (secondary N) is 2. The van der Waals surface area contributed by atoms with Gasteiger partial charge in [-0.15, -0.1) is 0 Å². The van der Waals surface area contributed by atoms with Crippen molar-refractivity contribution in [3.8, 4) is 0 Å². The third-order valence-corrected chi connectivity index (χ3v) is 4.14. The molecule has 0 aliphatic rings. The highest BCUT2D eigenvalue weighted by atomic mass is 35.5. The molecule has 0 radical (unpaired) electrons. The Labute approximate surface area is 155 Å². The molecule has 3 rings (SSSR count). The molecular formula is C18H16ClFN4S. The number of hydrogen-bond acceptors (Lipinski definition) is 2. The standard InChI is InChI=1S/C18H16ClFN4S/c19-17-7-2-1-5-14(17)9-21-18(25)23-16-10-22-24(12-16)11-13-4-3-6-15(20)8-13/h1-8,10,12H,9,11H2,(H2,21,23,25). The zero-order valence-electron chi connectivity index (χ0n) is 13.2. The normalized spacial score (nSPS) is 10.5. The Kier molecular flexibility index (Phi) is 5.63. The summed E-state index contributed by atoms with van der Waals surface area (Å²) in [4.78, 5) is 0. The third-order valence-electron chi connectivity index (χ3n) is 3.52. The molecule has 0 atom stereocenters. The minimum Gasteiger partial charge on any atom is -0.358 e. The second-order valence-electron chi connectivity index (χ2n) is 5.46. The van der Waals surface area contributed by atoms with Gasteiger partial charge in [-0.25, -0.2) is 4.39 Å². The van der Waals surface area contributed by atoms with E-state index in [1.165, 1.54) is 12.1 Å². The van der Waals surface area contributed by atoms with Gasteiger partial charge in [-0.1, -0.05) is 41.9 Å². The monoisotopic (exact) mass is 374 g/mol. The van der Waals surface area contributed by atoms with Crippen LogP contribution in [0.15, 0.2) is 60.9 Å². The van der Waals surface area contributed by atoms with Gasteiger partial charge in [0.05, 0.1) is 18.4 Å². The van der Waals surface area contributed by atoms with Gasteiger partial charge >= 0.3 is 0 Å². The number of rotatable bonds is 5. The van der Waals surface area contributed by atoms with Crippen LogP contribution in [0.5, 0.6) is 0 Å². The number of halogens is 2. The average Bonchev–Trinajstić information content (AvgIpc) is 3.01. The first-order valence-electron chi connectivity index (χ1n) is 7.65. The molecular weight excluding hydrogens is 359 g/mol. The second-order valence-corrected chi connectivity index (χ2v) is 6.27. The van der Waals surface area contributed by atoms with Gasteiger partial charge < -0.3 is 10.6 Å². The van der Waals surface area contributed by atoms with E-state index in [1.807, 2.05) is 36.5 Å². The largest absolute Gasteiger partial charge is 0.358 e. The molecule has 0 fully saturated rings. The first-order valence-corrected chi connectivity index (χ1v) is 8.44. The summed E-state index contributed by atoms with van der Waals surface area (Å²) in [5.41, 5.74) is 2.57. The van der Waals surface area contributed by atoms with Crippen LogP contribution in [0.25, 0.3) is 0 Å². The summed E-state index contributed by atoms with van der Waals surface area (Å²) in [7, 11) is 0. The first-order chi connectivity index (χ1) is 12.1. The Hall–Kier alpha value is -2.44. The van der Waals surface area contributed by atoms with Crippen molar-refractivity contribution in [3.63, 3.8) is 0 Å². The van der Waals surface area contributed by atoms with Crippen LogP contribution in [-0.4, -0.2) is 14.9 Å². The zero-order valence-corrected chi connectivity index (χ0v) is 14.8. The minimum absolute atomic E-state index is 0.257. The summed E-state index contributed by atoms with van der Waals surface area (Å²) in [6.07, 6.45) is 3.48. The van der Waals surface area contributed by atoms with E-state index in [0.29, 0.717) is 23.2 Å². The number of benzene rings is 2. The zero-order chi connectivity index (χ0) is 17.6. The Morgan fingerprint density at radius 1 is 1.20 bits per heavy atom. The molecule has 1 aromatic heterocycles. The molecule has 0 saturated carbocycles. The number of anilines is 1. The Morgan fingerprint density at radius 3 is 2.84 bits per heavy atom. The third kappa shape index (κ3) is 5.01. The fourth-order valence-corrected chi connectivity index (χ4v) is 2.72. The highest BCUT2D eigenvalue weighted by Gasteiger charge is 2.04. The van der Waals surface area contributed by atoms with Gasteiger partial charge in [-0.3, -0.25) is 4.68 Å². The van der Waals surface area contributed by atoms with Crippen LogP contribution in [0.1, 0.15) is 11.1 Å². The van der Waals surface area contributed by atoms with Crippen LogP contribution in [-0.2, 0) is 13.1 Å². The van der Waals surface area contributed by atoms with Crippen molar-refractivity contribution in [2.75, 3.05) is 5.32 Å². The summed E-state index contributed by atoms with van der Waals surface area (Å²) < 4.78 is 14.9. The topological polar surface area (TPSA) is 41.9 Å². The van der Waals surface area contributed by atoms with E-state index in [0.717, 1.165) is 16.8 Å². The predicted octanol–water partition coefficient (Wildman–Crippen LogP) is 4.21. The van der Waals surface area contributed by atoms with E-state index in [1.54, 1.807) is 16.9 Å². The van der Waals surface area contributed by atoms with Crippen molar-refractivity contribution in [2.45, 2.75) is 13.1 Å². The first kappa shape index (κ1) is 17.4. The lowest BCUT2D eigenvalue weighted by molar-refractivity contribution is 0.619. The lowest BCUT2D eigenvalue weighted by Gasteiger charge is -2.10. The average molecular weight is 375 g/mol. The van der Waals surface area contributed by atoms with Crippen molar-refractivity contribution in [2.24, 2.45) is 0 Å². The van der Waals surface area contributed by atoms with E-state index < -0.39 is 0 Å². The molecule has 0 spiro atoms. The molecule has 0 bridgehead atoms. The highest BCUT2D eigenvalue weighted by molar-refractivity contribution is 7.80. The van der Waals surface area contributed by atoms with Gasteiger partial charge in [0.25, 0.3) is 0 Å². The van der Waals surface area contributed by atoms with Crippen LogP contribution in [0, 0.1) is 5.82 Å². The number of nitrogens with zero attached hydrogens (tertiary/aromatic N) is 2. The highest BCUT2D eigenvalue weighted by Crippen LogP contribution is 2.14. The SMILES string of the molecule is Fc1cccc(Cn2cc(NC(=S)NCc3ccccc3Cl)cn2)c1. The van der Waals surface area contributed by atoms with Crippen molar-refractivity contribution in [1.29, 1.82) is 0 Å². The molecule has 0 amide bonds. The summed E-state index contributed by atoms with van der Waals surface area (Å²) in [5, 5.41) is 11.6. The van der Waals surface area contributed by atoms with Gasteiger partial charge in [0.15, 0.2) is 5.11 Å². The lowest BCUT2D eigenvalue weighted by Crippen LogP contribution is -2.27. The van der Waals surface area contributed by atoms with Gasteiger partial charge in [0, 0.05) is 17.8 Å². The molecule has 2 aromatic carbocycles. The number of hydrogen-bond donors (Lipinski definition) is 2. The van der Waals surface area contributed by atoms with E-state index in [4.69, 9.17) is 23.8 Å². The van der Waals surface area contributed by atoms with Crippen LogP contribution >= 0.6 is 23.8 Å². The maximum Gasteiger partial charge on any atom is 0.171 e. The maximum absolute atomic E-state index is 13.2. The van der Waals surface area contributed by atoms with Gasteiger partial charge in [-0.2, -0.15) is 5.10 Å². The van der Waals surface area contributed by atoms with E-state index >= 15 is 0 Å². The van der Waals surface area contributed by atoms with Crippen molar-refractivity contribution >= 4 is 34.6 Å². The lowest BCUT2D eigenvalue weighted by atomic mass is 10.2. The smallest absolute Gasteiger partial charge is 0.171 e. The number of aromatic nitrogens is 2. The van der Waals surface area contributed by atoms with Crippen LogP contribution < -0.4 is 10.6 Å². The summed E-state index contributed by atoms with van der Waals surface area (Å²) in [6, 6.07) is 14.0. The van der Waals surface area contributed by atoms with Crippen LogP contribution in [0.4, 0.5) is 10.1 Å². The van der Waals surface area contributed by atoms with Gasteiger partial charge in [0.1, 0.15) is 5.82 Å². The summed E-state index contributed by atoms with van der Waals surface area (Å²) >= 11 is 11.4. The molecule has 2 N–H and O–H groups in total. The van der Waals surface area contributed by atoms with Gasteiger partial charge in [0.2, 0.25) is 0 Å². The fraction of sp³-hybridized carbons (Fsp3) is 0.111. The summed E-state index contributed by atoms with van der Waals surface area (Å²) in [6.45, 7) is 1.02. The van der Waals surface area contributed by atoms with Crippen molar-refractivity contribution in [3.05, 3.63) is 82.9 Å². The molecule has 7 heteroatoms.